The minimum atomic E-state index is 0.767. The van der Waals surface area contributed by atoms with E-state index in [4.69, 9.17) is 19.2 Å². The summed E-state index contributed by atoms with van der Waals surface area (Å²) in [6.45, 7) is 8.33. The van der Waals surface area contributed by atoms with Crippen molar-refractivity contribution < 1.29 is 14.2 Å². The van der Waals surface area contributed by atoms with Crippen molar-refractivity contribution in [1.29, 1.82) is 0 Å². The molecule has 2 aromatic carbocycles. The van der Waals surface area contributed by atoms with E-state index in [-0.39, 0.29) is 0 Å². The molecular formula is C25H33N5O3. The monoisotopic (exact) mass is 451 g/mol. The van der Waals surface area contributed by atoms with E-state index in [2.05, 4.69) is 55.7 Å². The molecule has 0 radical (unpaired) electrons. The summed E-state index contributed by atoms with van der Waals surface area (Å²) in [6.07, 6.45) is 0.944. The van der Waals surface area contributed by atoms with E-state index in [0.717, 1.165) is 88.7 Å². The molecule has 0 atom stereocenters. The molecule has 8 nitrogen and oxygen atoms in total. The van der Waals surface area contributed by atoms with Crippen molar-refractivity contribution in [3.63, 3.8) is 0 Å². The molecule has 0 spiro atoms. The highest BCUT2D eigenvalue weighted by molar-refractivity contribution is 5.79. The van der Waals surface area contributed by atoms with Gasteiger partial charge in [-0.25, -0.2) is 4.98 Å². The van der Waals surface area contributed by atoms with E-state index in [1.54, 1.807) is 14.2 Å². The molecule has 33 heavy (non-hydrogen) atoms. The maximum absolute atomic E-state index is 5.51. The number of rotatable bonds is 8. The lowest BCUT2D eigenvalue weighted by Crippen LogP contribution is -2.49. The molecule has 0 saturated carbocycles. The van der Waals surface area contributed by atoms with E-state index in [0.29, 0.717) is 0 Å². The molecule has 3 aromatic rings. The summed E-state index contributed by atoms with van der Waals surface area (Å²) in [5.74, 6) is 2.62. The summed E-state index contributed by atoms with van der Waals surface area (Å²) in [5.41, 5.74) is 3.50. The number of benzene rings is 2. The summed E-state index contributed by atoms with van der Waals surface area (Å²) < 4.78 is 18.7. The zero-order valence-corrected chi connectivity index (χ0v) is 19.6. The number of ether oxygens (including phenoxy) is 3. The number of anilines is 1. The number of methoxy groups -OCH3 is 2. The summed E-state index contributed by atoms with van der Waals surface area (Å²) in [6, 6.07) is 14.6. The van der Waals surface area contributed by atoms with Crippen LogP contribution in [0.5, 0.6) is 11.5 Å². The Morgan fingerprint density at radius 2 is 1.70 bits per heavy atom. The molecule has 0 aliphatic carbocycles. The number of hydrogen-bond acceptors (Lipinski definition) is 7. The van der Waals surface area contributed by atoms with Gasteiger partial charge in [-0.3, -0.25) is 14.4 Å². The Bertz CT molecular complexity index is 1080. The number of morpholine rings is 1. The Morgan fingerprint density at radius 3 is 2.52 bits per heavy atom. The van der Waals surface area contributed by atoms with E-state index in [9.17, 15) is 0 Å². The maximum Gasteiger partial charge on any atom is 0.208 e. The molecule has 0 amide bonds. The number of aromatic nitrogens is 2. The predicted octanol–water partition coefficient (Wildman–Crippen LogP) is 2.67. The van der Waals surface area contributed by atoms with Crippen LogP contribution in [0.3, 0.4) is 0 Å². The Hall–Kier alpha value is -2.81. The standard InChI is InChI=1S/C25H33N5O3/c1-31-23-8-7-20(17-24(23)32-2)9-10-28-18-29(12-11-27-13-15-33-16-14-27)25-26-21-5-3-4-6-22(21)30(25)19-28/h3-8,17H,9-16,18-19H2,1-2H3. The van der Waals surface area contributed by atoms with Gasteiger partial charge in [-0.15, -0.1) is 0 Å². The first-order chi connectivity index (χ1) is 16.2. The Kier molecular flexibility index (Phi) is 6.66. The Morgan fingerprint density at radius 1 is 0.879 bits per heavy atom. The van der Waals surface area contributed by atoms with Crippen molar-refractivity contribution in [2.24, 2.45) is 0 Å². The van der Waals surface area contributed by atoms with Gasteiger partial charge in [-0.2, -0.15) is 0 Å². The van der Waals surface area contributed by atoms with Crippen molar-refractivity contribution in [2.45, 2.75) is 13.1 Å². The minimum absolute atomic E-state index is 0.767. The van der Waals surface area contributed by atoms with Crippen LogP contribution in [0, 0.1) is 0 Å². The highest BCUT2D eigenvalue weighted by atomic mass is 16.5. The first-order valence-electron chi connectivity index (χ1n) is 11.7. The van der Waals surface area contributed by atoms with Gasteiger partial charge in [-0.05, 0) is 36.2 Å². The van der Waals surface area contributed by atoms with Crippen LogP contribution in [0.1, 0.15) is 5.56 Å². The lowest BCUT2D eigenvalue weighted by atomic mass is 10.1. The molecule has 2 aliphatic heterocycles. The van der Waals surface area contributed by atoms with Gasteiger partial charge >= 0.3 is 0 Å². The van der Waals surface area contributed by atoms with Crippen LogP contribution in [-0.2, 0) is 17.8 Å². The number of nitrogens with zero attached hydrogens (tertiary/aromatic N) is 5. The maximum atomic E-state index is 5.51. The number of para-hydroxylation sites is 2. The fraction of sp³-hybridized carbons (Fsp3) is 0.480. The third kappa shape index (κ3) is 4.78. The van der Waals surface area contributed by atoms with E-state index < -0.39 is 0 Å². The quantitative estimate of drug-likeness (QED) is 0.522. The van der Waals surface area contributed by atoms with Crippen molar-refractivity contribution in [3.8, 4) is 11.5 Å². The van der Waals surface area contributed by atoms with Crippen molar-refractivity contribution >= 4 is 17.0 Å². The molecule has 0 bridgehead atoms. The fourth-order valence-corrected chi connectivity index (χ4v) is 4.72. The van der Waals surface area contributed by atoms with E-state index in [1.807, 2.05) is 6.07 Å². The summed E-state index contributed by atoms with van der Waals surface area (Å²) in [4.78, 5) is 12.4. The molecule has 3 heterocycles. The normalized spacial score (nSPS) is 17.3. The first-order valence-corrected chi connectivity index (χ1v) is 11.7. The molecule has 2 aliphatic rings. The molecule has 1 aromatic heterocycles. The third-order valence-corrected chi connectivity index (χ3v) is 6.58. The average Bonchev–Trinajstić information content (AvgIpc) is 3.25. The van der Waals surface area contributed by atoms with Gasteiger partial charge < -0.3 is 19.1 Å². The van der Waals surface area contributed by atoms with Crippen LogP contribution in [-0.4, -0.2) is 86.2 Å². The van der Waals surface area contributed by atoms with Gasteiger partial charge in [0.2, 0.25) is 5.95 Å². The van der Waals surface area contributed by atoms with Crippen LogP contribution in [0.15, 0.2) is 42.5 Å². The fourth-order valence-electron chi connectivity index (χ4n) is 4.72. The number of imidazole rings is 1. The molecule has 5 rings (SSSR count). The SMILES string of the molecule is COc1ccc(CCN2CN(CCN3CCOCC3)c3nc4ccccc4n3C2)cc1OC. The highest BCUT2D eigenvalue weighted by Gasteiger charge is 2.26. The van der Waals surface area contributed by atoms with Gasteiger partial charge in [0.15, 0.2) is 11.5 Å². The molecular weight excluding hydrogens is 418 g/mol. The summed E-state index contributed by atoms with van der Waals surface area (Å²) >= 11 is 0. The molecule has 176 valence electrons. The van der Waals surface area contributed by atoms with Crippen molar-refractivity contribution in [2.75, 3.05) is 71.7 Å². The molecule has 1 saturated heterocycles. The second kappa shape index (κ2) is 9.99. The molecule has 8 heteroatoms. The number of hydrogen-bond donors (Lipinski definition) is 0. The van der Waals surface area contributed by atoms with E-state index >= 15 is 0 Å². The van der Waals surface area contributed by atoms with E-state index in [1.165, 1.54) is 11.1 Å². The largest absolute Gasteiger partial charge is 0.493 e. The van der Waals surface area contributed by atoms with Crippen LogP contribution in [0.2, 0.25) is 0 Å². The minimum Gasteiger partial charge on any atom is -0.493 e. The highest BCUT2D eigenvalue weighted by Crippen LogP contribution is 2.29. The van der Waals surface area contributed by atoms with Crippen LogP contribution in [0.4, 0.5) is 5.95 Å². The topological polar surface area (TPSA) is 55.2 Å². The van der Waals surface area contributed by atoms with Gasteiger partial charge in [0.05, 0.1) is 51.8 Å². The molecule has 0 unspecified atom stereocenters. The van der Waals surface area contributed by atoms with Crippen LogP contribution >= 0.6 is 0 Å². The van der Waals surface area contributed by atoms with Gasteiger partial charge in [0.1, 0.15) is 0 Å². The van der Waals surface area contributed by atoms with Crippen molar-refractivity contribution in [3.05, 3.63) is 48.0 Å². The predicted molar refractivity (Wildman–Crippen MR) is 129 cm³/mol. The van der Waals surface area contributed by atoms with Gasteiger partial charge in [-0.1, -0.05) is 18.2 Å². The summed E-state index contributed by atoms with van der Waals surface area (Å²) in [7, 11) is 3.36. The lowest BCUT2D eigenvalue weighted by molar-refractivity contribution is 0.0385. The lowest BCUT2D eigenvalue weighted by Gasteiger charge is -2.38. The first kappa shape index (κ1) is 22.0. The van der Waals surface area contributed by atoms with Gasteiger partial charge in [0.25, 0.3) is 0 Å². The van der Waals surface area contributed by atoms with Crippen LogP contribution in [0.25, 0.3) is 11.0 Å². The third-order valence-electron chi connectivity index (χ3n) is 6.58. The molecule has 0 N–H and O–H groups in total. The Balaban J connectivity index is 1.32. The smallest absolute Gasteiger partial charge is 0.208 e. The van der Waals surface area contributed by atoms with Crippen molar-refractivity contribution in [1.82, 2.24) is 19.4 Å². The Labute approximate surface area is 195 Å². The zero-order valence-electron chi connectivity index (χ0n) is 19.6. The second-order valence-electron chi connectivity index (χ2n) is 8.66. The van der Waals surface area contributed by atoms with Crippen LogP contribution < -0.4 is 14.4 Å². The summed E-state index contributed by atoms with van der Waals surface area (Å²) in [5, 5.41) is 0. The number of fused-ring (bicyclic) bond motifs is 3. The van der Waals surface area contributed by atoms with Gasteiger partial charge in [0, 0.05) is 32.7 Å². The molecule has 1 fully saturated rings. The average molecular weight is 452 g/mol. The zero-order chi connectivity index (χ0) is 22.6. The second-order valence-corrected chi connectivity index (χ2v) is 8.66.